The Kier molecular flexibility index (Phi) is 2.42. The van der Waals surface area contributed by atoms with Gasteiger partial charge in [0, 0.05) is 0 Å². The summed E-state index contributed by atoms with van der Waals surface area (Å²) in [5, 5.41) is 17.8. The number of aliphatic hydroxyl groups excluding tert-OH is 1. The van der Waals surface area contributed by atoms with Gasteiger partial charge in [0.05, 0.1) is 30.7 Å². The van der Waals surface area contributed by atoms with E-state index in [0.717, 1.165) is 0 Å². The van der Waals surface area contributed by atoms with Crippen LogP contribution >= 0.6 is 0 Å². The number of hydrogen-bond donors (Lipinski definition) is 2. The van der Waals surface area contributed by atoms with Crippen molar-refractivity contribution in [3.63, 3.8) is 0 Å². The lowest BCUT2D eigenvalue weighted by molar-refractivity contribution is 0.196. The summed E-state index contributed by atoms with van der Waals surface area (Å²) < 4.78 is 5.25. The standard InChI is InChI=1S/C9H10N2O4/c12-5-6-3-7-8(4-10-6)15-2-1-11(7)9(13)14/h3-4,12H,1-2,5H2,(H,13,14). The Labute approximate surface area is 85.7 Å². The van der Waals surface area contributed by atoms with Crippen molar-refractivity contribution in [2.24, 2.45) is 0 Å². The van der Waals surface area contributed by atoms with Crippen LogP contribution in [-0.2, 0) is 6.61 Å². The minimum absolute atomic E-state index is 0.221. The highest BCUT2D eigenvalue weighted by atomic mass is 16.5. The van der Waals surface area contributed by atoms with Crippen molar-refractivity contribution in [1.29, 1.82) is 0 Å². The quantitative estimate of drug-likeness (QED) is 0.703. The van der Waals surface area contributed by atoms with E-state index < -0.39 is 6.09 Å². The van der Waals surface area contributed by atoms with Crippen molar-refractivity contribution in [2.45, 2.75) is 6.61 Å². The molecule has 80 valence electrons. The zero-order valence-corrected chi connectivity index (χ0v) is 7.88. The third-order valence-electron chi connectivity index (χ3n) is 2.16. The maximum atomic E-state index is 10.9. The topological polar surface area (TPSA) is 82.9 Å². The molecule has 0 aromatic carbocycles. The van der Waals surface area contributed by atoms with Gasteiger partial charge in [0.1, 0.15) is 6.61 Å². The molecule has 15 heavy (non-hydrogen) atoms. The molecule has 6 heteroatoms. The molecule has 0 fully saturated rings. The molecular formula is C9H10N2O4. The molecule has 1 aliphatic rings. The second-order valence-electron chi connectivity index (χ2n) is 3.08. The molecule has 0 atom stereocenters. The Hall–Kier alpha value is -1.82. The van der Waals surface area contributed by atoms with Crippen LogP contribution in [0.1, 0.15) is 5.69 Å². The van der Waals surface area contributed by atoms with Gasteiger partial charge in [-0.05, 0) is 6.07 Å². The largest absolute Gasteiger partial charge is 0.488 e. The molecule has 2 N–H and O–H groups in total. The first kappa shape index (κ1) is 9.72. The lowest BCUT2D eigenvalue weighted by atomic mass is 10.2. The first-order valence-electron chi connectivity index (χ1n) is 4.45. The Morgan fingerprint density at radius 3 is 3.13 bits per heavy atom. The maximum Gasteiger partial charge on any atom is 0.412 e. The fourth-order valence-electron chi connectivity index (χ4n) is 1.45. The van der Waals surface area contributed by atoms with E-state index in [2.05, 4.69) is 4.98 Å². The summed E-state index contributed by atoms with van der Waals surface area (Å²) in [5.74, 6) is 0.431. The molecule has 1 aromatic heterocycles. The fourth-order valence-corrected chi connectivity index (χ4v) is 1.45. The van der Waals surface area contributed by atoms with Crippen LogP contribution in [0, 0.1) is 0 Å². The predicted octanol–water partition coefficient (Wildman–Crippen LogP) is 0.451. The number of ether oxygens (including phenoxy) is 1. The highest BCUT2D eigenvalue weighted by molar-refractivity contribution is 5.88. The van der Waals surface area contributed by atoms with Crippen molar-refractivity contribution in [3.05, 3.63) is 18.0 Å². The van der Waals surface area contributed by atoms with E-state index in [-0.39, 0.29) is 13.2 Å². The lowest BCUT2D eigenvalue weighted by Crippen LogP contribution is -2.37. The highest BCUT2D eigenvalue weighted by Gasteiger charge is 2.23. The molecule has 1 amide bonds. The summed E-state index contributed by atoms with van der Waals surface area (Å²) in [7, 11) is 0. The number of hydrogen-bond acceptors (Lipinski definition) is 4. The third-order valence-corrected chi connectivity index (χ3v) is 2.16. The first-order valence-corrected chi connectivity index (χ1v) is 4.45. The number of carboxylic acid groups (broad SMARTS) is 1. The third kappa shape index (κ3) is 1.71. The molecule has 2 rings (SSSR count). The Bertz CT molecular complexity index is 394. The molecule has 0 aliphatic carbocycles. The Morgan fingerprint density at radius 1 is 1.67 bits per heavy atom. The van der Waals surface area contributed by atoms with Gasteiger partial charge in [0.15, 0.2) is 5.75 Å². The number of fused-ring (bicyclic) bond motifs is 1. The van der Waals surface area contributed by atoms with E-state index in [0.29, 0.717) is 23.7 Å². The van der Waals surface area contributed by atoms with Crippen molar-refractivity contribution in [1.82, 2.24) is 4.98 Å². The number of rotatable bonds is 1. The molecule has 0 unspecified atom stereocenters. The summed E-state index contributed by atoms with van der Waals surface area (Å²) in [6.45, 7) is 0.386. The molecule has 6 nitrogen and oxygen atoms in total. The summed E-state index contributed by atoms with van der Waals surface area (Å²) in [4.78, 5) is 16.0. The van der Waals surface area contributed by atoms with Gasteiger partial charge in [-0.15, -0.1) is 0 Å². The average molecular weight is 210 g/mol. The minimum Gasteiger partial charge on any atom is -0.488 e. The van der Waals surface area contributed by atoms with E-state index >= 15 is 0 Å². The summed E-state index contributed by atoms with van der Waals surface area (Å²) in [6, 6.07) is 1.52. The molecule has 0 bridgehead atoms. The van der Waals surface area contributed by atoms with Gasteiger partial charge < -0.3 is 14.9 Å². The van der Waals surface area contributed by atoms with Crippen LogP contribution in [0.2, 0.25) is 0 Å². The van der Waals surface area contributed by atoms with Gasteiger partial charge in [0.2, 0.25) is 0 Å². The number of carbonyl (C=O) groups is 1. The maximum absolute atomic E-state index is 10.9. The first-order chi connectivity index (χ1) is 7.22. The van der Waals surface area contributed by atoms with E-state index in [1.807, 2.05) is 0 Å². The number of nitrogens with zero attached hydrogens (tertiary/aromatic N) is 2. The SMILES string of the molecule is O=C(O)N1CCOc2cnc(CO)cc21. The zero-order valence-electron chi connectivity index (χ0n) is 7.88. The predicted molar refractivity (Wildman–Crippen MR) is 51.0 cm³/mol. The molecule has 0 spiro atoms. The second kappa shape index (κ2) is 3.74. The number of pyridine rings is 1. The normalized spacial score (nSPS) is 14.3. The van der Waals surface area contributed by atoms with Gasteiger partial charge in [-0.25, -0.2) is 4.79 Å². The monoisotopic (exact) mass is 210 g/mol. The fraction of sp³-hybridized carbons (Fsp3) is 0.333. The van der Waals surface area contributed by atoms with Gasteiger partial charge in [-0.2, -0.15) is 0 Å². The Balaban J connectivity index is 2.43. The molecule has 2 heterocycles. The highest BCUT2D eigenvalue weighted by Crippen LogP contribution is 2.31. The molecule has 0 saturated carbocycles. The smallest absolute Gasteiger partial charge is 0.412 e. The lowest BCUT2D eigenvalue weighted by Gasteiger charge is -2.26. The molecule has 1 aliphatic heterocycles. The summed E-state index contributed by atoms with van der Waals surface area (Å²) in [6.07, 6.45) is 0.394. The van der Waals surface area contributed by atoms with Gasteiger partial charge in [-0.3, -0.25) is 9.88 Å². The van der Waals surface area contributed by atoms with E-state index in [4.69, 9.17) is 14.9 Å². The van der Waals surface area contributed by atoms with E-state index in [1.54, 1.807) is 0 Å². The van der Waals surface area contributed by atoms with Gasteiger partial charge in [-0.1, -0.05) is 0 Å². The van der Waals surface area contributed by atoms with Crippen LogP contribution in [0.3, 0.4) is 0 Å². The molecule has 1 aromatic rings. The molecular weight excluding hydrogens is 200 g/mol. The van der Waals surface area contributed by atoms with Crippen LogP contribution in [0.15, 0.2) is 12.3 Å². The van der Waals surface area contributed by atoms with Crippen molar-refractivity contribution < 1.29 is 19.7 Å². The van der Waals surface area contributed by atoms with Crippen LogP contribution in [0.4, 0.5) is 10.5 Å². The van der Waals surface area contributed by atoms with E-state index in [1.165, 1.54) is 17.2 Å². The number of aromatic nitrogens is 1. The van der Waals surface area contributed by atoms with Crippen molar-refractivity contribution >= 4 is 11.8 Å². The van der Waals surface area contributed by atoms with Crippen LogP contribution in [0.25, 0.3) is 0 Å². The van der Waals surface area contributed by atoms with Crippen molar-refractivity contribution in [2.75, 3.05) is 18.1 Å². The Morgan fingerprint density at radius 2 is 2.47 bits per heavy atom. The number of anilines is 1. The minimum atomic E-state index is -1.03. The molecule has 0 radical (unpaired) electrons. The second-order valence-corrected chi connectivity index (χ2v) is 3.08. The van der Waals surface area contributed by atoms with Gasteiger partial charge in [0.25, 0.3) is 0 Å². The van der Waals surface area contributed by atoms with Crippen LogP contribution < -0.4 is 9.64 Å². The van der Waals surface area contributed by atoms with Crippen molar-refractivity contribution in [3.8, 4) is 5.75 Å². The summed E-state index contributed by atoms with van der Waals surface area (Å²) >= 11 is 0. The molecule has 0 saturated heterocycles. The number of amides is 1. The van der Waals surface area contributed by atoms with Gasteiger partial charge >= 0.3 is 6.09 Å². The summed E-state index contributed by atoms with van der Waals surface area (Å²) in [5.41, 5.74) is 0.860. The number of aliphatic hydroxyl groups is 1. The average Bonchev–Trinajstić information content (AvgIpc) is 2.27. The zero-order chi connectivity index (χ0) is 10.8. The van der Waals surface area contributed by atoms with Crippen LogP contribution in [0.5, 0.6) is 5.75 Å². The van der Waals surface area contributed by atoms with E-state index in [9.17, 15) is 4.79 Å². The van der Waals surface area contributed by atoms with Crippen LogP contribution in [-0.4, -0.2) is 34.4 Å².